The smallest absolute Gasteiger partial charge is 0.361 e. The number of hydrogen-bond donors (Lipinski definition) is 1. The molecule has 0 aliphatic carbocycles. The van der Waals surface area contributed by atoms with Crippen LogP contribution in [-0.4, -0.2) is 15.1 Å². The molecule has 2 aromatic heterocycles. The predicted molar refractivity (Wildman–Crippen MR) is 98.2 cm³/mol. The third-order valence-corrected chi connectivity index (χ3v) is 4.37. The van der Waals surface area contributed by atoms with E-state index >= 15 is 0 Å². The lowest BCUT2D eigenvalue weighted by Crippen LogP contribution is -2.07. The highest BCUT2D eigenvalue weighted by molar-refractivity contribution is 5.97. The molecule has 0 fully saturated rings. The quantitative estimate of drug-likeness (QED) is 0.458. The molecule has 0 radical (unpaired) electrons. The largest absolute Gasteiger partial charge is 0.417 e. The van der Waals surface area contributed by atoms with Crippen LogP contribution in [0.15, 0.2) is 47.2 Å². The summed E-state index contributed by atoms with van der Waals surface area (Å²) in [6.07, 6.45) is -2.99. The van der Waals surface area contributed by atoms with Crippen LogP contribution in [0.5, 0.6) is 0 Å². The number of benzene rings is 2. The zero-order valence-electron chi connectivity index (χ0n) is 14.0. The number of halogens is 3. The van der Waals surface area contributed by atoms with E-state index in [1.54, 1.807) is 26.0 Å². The SMILES string of the molecule is C.Cc1noc(C)c1-c1cc(-c2ccccc2C(F)(F)F)c2nc[nH]c2c1. The van der Waals surface area contributed by atoms with E-state index in [4.69, 9.17) is 4.52 Å². The number of aromatic nitrogens is 3. The fourth-order valence-corrected chi connectivity index (χ4v) is 3.26. The maximum atomic E-state index is 13.5. The summed E-state index contributed by atoms with van der Waals surface area (Å²) in [5, 5.41) is 3.94. The highest BCUT2D eigenvalue weighted by Gasteiger charge is 2.34. The molecule has 4 aromatic rings. The first-order valence-electron chi connectivity index (χ1n) is 7.93. The van der Waals surface area contributed by atoms with Gasteiger partial charge in [0.2, 0.25) is 0 Å². The lowest BCUT2D eigenvalue weighted by molar-refractivity contribution is -0.137. The van der Waals surface area contributed by atoms with Crippen LogP contribution >= 0.6 is 0 Å². The predicted octanol–water partition coefficient (Wildman–Crippen LogP) is 6.16. The maximum Gasteiger partial charge on any atom is 0.417 e. The van der Waals surface area contributed by atoms with Crippen molar-refractivity contribution in [3.63, 3.8) is 0 Å². The normalized spacial score (nSPS) is 11.6. The maximum absolute atomic E-state index is 13.5. The Balaban J connectivity index is 0.00000210. The van der Waals surface area contributed by atoms with E-state index in [-0.39, 0.29) is 13.0 Å². The number of nitrogens with one attached hydrogen (secondary N) is 1. The second kappa shape index (κ2) is 6.57. The van der Waals surface area contributed by atoms with Gasteiger partial charge in [0.1, 0.15) is 5.76 Å². The van der Waals surface area contributed by atoms with Gasteiger partial charge < -0.3 is 9.51 Å². The third kappa shape index (κ3) is 3.09. The average molecular weight is 373 g/mol. The van der Waals surface area contributed by atoms with Crippen LogP contribution in [0.4, 0.5) is 13.2 Å². The van der Waals surface area contributed by atoms with E-state index in [0.717, 1.165) is 17.2 Å². The van der Waals surface area contributed by atoms with Crippen molar-refractivity contribution in [1.82, 2.24) is 15.1 Å². The first-order valence-corrected chi connectivity index (χ1v) is 7.93. The van der Waals surface area contributed by atoms with Crippen LogP contribution in [0.2, 0.25) is 0 Å². The number of fused-ring (bicyclic) bond motifs is 1. The number of rotatable bonds is 2. The van der Waals surface area contributed by atoms with Gasteiger partial charge in [-0.15, -0.1) is 0 Å². The molecule has 4 rings (SSSR count). The van der Waals surface area contributed by atoms with Crippen LogP contribution in [0, 0.1) is 13.8 Å². The van der Waals surface area contributed by atoms with Crippen LogP contribution in [0.25, 0.3) is 33.3 Å². The minimum atomic E-state index is -4.46. The molecule has 0 aliphatic rings. The van der Waals surface area contributed by atoms with Crippen molar-refractivity contribution in [1.29, 1.82) is 0 Å². The van der Waals surface area contributed by atoms with E-state index in [1.807, 2.05) is 6.07 Å². The van der Waals surface area contributed by atoms with Gasteiger partial charge in [-0.05, 0) is 43.2 Å². The molecule has 7 heteroatoms. The molecule has 1 N–H and O–H groups in total. The first-order chi connectivity index (χ1) is 12.4. The fourth-order valence-electron chi connectivity index (χ4n) is 3.26. The first kappa shape index (κ1) is 18.7. The Morgan fingerprint density at radius 2 is 1.78 bits per heavy atom. The number of imidazole rings is 1. The van der Waals surface area contributed by atoms with Crippen molar-refractivity contribution in [2.45, 2.75) is 27.5 Å². The summed E-state index contributed by atoms with van der Waals surface area (Å²) in [6.45, 7) is 3.57. The topological polar surface area (TPSA) is 54.7 Å². The molecule has 0 amide bonds. The lowest BCUT2D eigenvalue weighted by Gasteiger charge is -2.14. The van der Waals surface area contributed by atoms with E-state index < -0.39 is 11.7 Å². The summed E-state index contributed by atoms with van der Waals surface area (Å²) >= 11 is 0. The Morgan fingerprint density at radius 3 is 2.44 bits per heavy atom. The van der Waals surface area contributed by atoms with Gasteiger partial charge in [-0.2, -0.15) is 13.2 Å². The highest BCUT2D eigenvalue weighted by atomic mass is 19.4. The number of aryl methyl sites for hydroxylation is 2. The standard InChI is InChI=1S/C19H14F3N3O.CH4/c1-10-17(11(2)26-25-10)12-7-14(18-16(8-12)23-9-24-18)13-5-3-4-6-15(13)19(20,21)22;/h3-9H,1-2H3,(H,23,24);1H4. The van der Waals surface area contributed by atoms with E-state index in [0.29, 0.717) is 28.1 Å². The molecule has 4 nitrogen and oxygen atoms in total. The number of hydrogen-bond acceptors (Lipinski definition) is 3. The molecule has 0 saturated heterocycles. The van der Waals surface area contributed by atoms with E-state index in [9.17, 15) is 13.2 Å². The third-order valence-electron chi connectivity index (χ3n) is 4.37. The number of alkyl halides is 3. The molecule has 0 atom stereocenters. The summed E-state index contributed by atoms with van der Waals surface area (Å²) in [4.78, 5) is 7.21. The molecular weight excluding hydrogens is 355 g/mol. The number of aromatic amines is 1. The van der Waals surface area contributed by atoms with E-state index in [2.05, 4.69) is 15.1 Å². The summed E-state index contributed by atoms with van der Waals surface area (Å²) < 4.78 is 45.7. The molecule has 0 saturated carbocycles. The minimum Gasteiger partial charge on any atom is -0.361 e. The van der Waals surface area contributed by atoms with Crippen LogP contribution in [0.3, 0.4) is 0 Å². The Morgan fingerprint density at radius 1 is 1.04 bits per heavy atom. The monoisotopic (exact) mass is 373 g/mol. The molecule has 2 heterocycles. The van der Waals surface area contributed by atoms with Crippen LogP contribution < -0.4 is 0 Å². The van der Waals surface area contributed by atoms with Crippen LogP contribution in [-0.2, 0) is 6.18 Å². The summed E-state index contributed by atoms with van der Waals surface area (Å²) in [5.41, 5.74) is 3.11. The van der Waals surface area contributed by atoms with Gasteiger partial charge in [-0.1, -0.05) is 30.8 Å². The molecule has 0 unspecified atom stereocenters. The zero-order chi connectivity index (χ0) is 18.5. The lowest BCUT2D eigenvalue weighted by atomic mass is 9.94. The van der Waals surface area contributed by atoms with Gasteiger partial charge in [0.25, 0.3) is 0 Å². The summed E-state index contributed by atoms with van der Waals surface area (Å²) in [7, 11) is 0. The van der Waals surface area contributed by atoms with Crippen molar-refractivity contribution < 1.29 is 17.7 Å². The summed E-state index contributed by atoms with van der Waals surface area (Å²) in [5.74, 6) is 0.608. The highest BCUT2D eigenvalue weighted by Crippen LogP contribution is 2.41. The second-order valence-electron chi connectivity index (χ2n) is 6.07. The molecular formula is C20H18F3N3O. The fraction of sp³-hybridized carbons (Fsp3) is 0.200. The average Bonchev–Trinajstić information content (AvgIpc) is 3.19. The van der Waals surface area contributed by atoms with Crippen molar-refractivity contribution in [3.05, 3.63) is 59.7 Å². The minimum absolute atomic E-state index is 0. The van der Waals surface area contributed by atoms with Gasteiger partial charge in [0.05, 0.1) is 28.6 Å². The number of nitrogens with zero attached hydrogens (tertiary/aromatic N) is 2. The van der Waals surface area contributed by atoms with Crippen LogP contribution in [0.1, 0.15) is 24.4 Å². The van der Waals surface area contributed by atoms with Crippen molar-refractivity contribution in [2.24, 2.45) is 0 Å². The van der Waals surface area contributed by atoms with Gasteiger partial charge in [0.15, 0.2) is 0 Å². The van der Waals surface area contributed by atoms with E-state index in [1.165, 1.54) is 18.5 Å². The van der Waals surface area contributed by atoms with Gasteiger partial charge in [-0.25, -0.2) is 4.98 Å². The van der Waals surface area contributed by atoms with Gasteiger partial charge >= 0.3 is 6.18 Å². The zero-order valence-corrected chi connectivity index (χ0v) is 14.0. The summed E-state index contributed by atoms with van der Waals surface area (Å²) in [6, 6.07) is 9.06. The Bertz CT molecular complexity index is 1090. The number of H-pyrrole nitrogens is 1. The van der Waals surface area contributed by atoms with Gasteiger partial charge in [-0.3, -0.25) is 0 Å². The molecule has 0 spiro atoms. The molecule has 2 aromatic carbocycles. The van der Waals surface area contributed by atoms with Crippen molar-refractivity contribution in [3.8, 4) is 22.3 Å². The van der Waals surface area contributed by atoms with Crippen molar-refractivity contribution >= 4 is 11.0 Å². The van der Waals surface area contributed by atoms with Gasteiger partial charge in [0, 0.05) is 11.1 Å². The molecule has 27 heavy (non-hydrogen) atoms. The molecule has 0 aliphatic heterocycles. The molecule has 0 bridgehead atoms. The molecule has 140 valence electrons. The Hall–Kier alpha value is -3.09. The Kier molecular flexibility index (Phi) is 4.55. The second-order valence-corrected chi connectivity index (χ2v) is 6.07. The van der Waals surface area contributed by atoms with Crippen molar-refractivity contribution in [2.75, 3.05) is 0 Å². The Labute approximate surface area is 154 Å².